The van der Waals surface area contributed by atoms with Gasteiger partial charge in [0.2, 0.25) is 0 Å². The van der Waals surface area contributed by atoms with Crippen molar-refractivity contribution < 1.29 is 13.5 Å². The molecule has 3 N–H and O–H groups in total. The predicted molar refractivity (Wildman–Crippen MR) is 79.2 cm³/mol. The normalized spacial score (nSPS) is 15.4. The average molecular weight is 297 g/mol. The van der Waals surface area contributed by atoms with E-state index in [1.165, 1.54) is 6.26 Å². The van der Waals surface area contributed by atoms with E-state index in [-0.39, 0.29) is 11.8 Å². The Hall–Kier alpha value is -1.60. The lowest BCUT2D eigenvalue weighted by molar-refractivity contribution is 0.182. The molecule has 0 saturated heterocycles. The highest BCUT2D eigenvalue weighted by atomic mass is 32.2. The van der Waals surface area contributed by atoms with Gasteiger partial charge in [-0.2, -0.15) is 0 Å². The van der Waals surface area contributed by atoms with Gasteiger partial charge in [0, 0.05) is 18.0 Å². The van der Waals surface area contributed by atoms with Crippen LogP contribution in [0.4, 0.5) is 5.69 Å². The van der Waals surface area contributed by atoms with Crippen LogP contribution >= 0.6 is 0 Å². The van der Waals surface area contributed by atoms with Crippen LogP contribution in [0.15, 0.2) is 18.2 Å². The predicted octanol–water partition coefficient (Wildman–Crippen LogP) is 1.28. The molecular weight excluding hydrogens is 278 g/mol. The van der Waals surface area contributed by atoms with Crippen molar-refractivity contribution in [3.8, 4) is 0 Å². The van der Waals surface area contributed by atoms with Gasteiger partial charge in [0.1, 0.15) is 21.8 Å². The van der Waals surface area contributed by atoms with E-state index in [9.17, 15) is 13.5 Å². The molecule has 0 spiro atoms. The second-order valence-electron chi connectivity index (χ2n) is 5.21. The summed E-state index contributed by atoms with van der Waals surface area (Å²) in [6, 6.07) is 4.93. The van der Waals surface area contributed by atoms with Crippen molar-refractivity contribution in [1.82, 2.24) is 9.55 Å². The van der Waals surface area contributed by atoms with Crippen LogP contribution in [-0.4, -0.2) is 35.1 Å². The van der Waals surface area contributed by atoms with Crippen molar-refractivity contribution in [2.24, 2.45) is 0 Å². The van der Waals surface area contributed by atoms with Crippen LogP contribution in [0.3, 0.4) is 0 Å². The molecule has 0 saturated carbocycles. The Bertz CT molecular complexity index is 735. The quantitative estimate of drug-likeness (QED) is 0.828. The van der Waals surface area contributed by atoms with Crippen molar-refractivity contribution in [1.29, 1.82) is 0 Å². The number of hydrogen-bond donors (Lipinski definition) is 2. The number of nitrogens with zero attached hydrogens (tertiary/aromatic N) is 2. The molecule has 6 nitrogen and oxygen atoms in total. The topological polar surface area (TPSA) is 98.2 Å². The minimum Gasteiger partial charge on any atom is -0.399 e. The van der Waals surface area contributed by atoms with Gasteiger partial charge in [-0.25, -0.2) is 13.4 Å². The summed E-state index contributed by atoms with van der Waals surface area (Å²) in [5, 5.41) is 9.86. The first kappa shape index (κ1) is 14.8. The fraction of sp³-hybridized carbons (Fsp3) is 0.462. The third kappa shape index (κ3) is 2.94. The number of imidazole rings is 1. The molecule has 0 amide bonds. The molecule has 2 rings (SSSR count). The van der Waals surface area contributed by atoms with Gasteiger partial charge in [0.05, 0.1) is 16.8 Å². The second kappa shape index (κ2) is 5.06. The molecular formula is C13H19N3O3S. The van der Waals surface area contributed by atoms with Crippen LogP contribution in [0.2, 0.25) is 0 Å². The molecule has 20 heavy (non-hydrogen) atoms. The van der Waals surface area contributed by atoms with E-state index in [1.807, 2.05) is 0 Å². The maximum atomic E-state index is 11.5. The van der Waals surface area contributed by atoms with Gasteiger partial charge in [-0.15, -0.1) is 0 Å². The van der Waals surface area contributed by atoms with Crippen LogP contribution in [0, 0.1) is 0 Å². The van der Waals surface area contributed by atoms with Crippen LogP contribution in [0.5, 0.6) is 0 Å². The summed E-state index contributed by atoms with van der Waals surface area (Å²) in [5.41, 5.74) is 7.73. The Balaban J connectivity index is 2.62. The van der Waals surface area contributed by atoms with E-state index < -0.39 is 15.9 Å². The fourth-order valence-corrected chi connectivity index (χ4v) is 3.43. The van der Waals surface area contributed by atoms with Gasteiger partial charge in [-0.3, -0.25) is 0 Å². The summed E-state index contributed by atoms with van der Waals surface area (Å²) in [5.74, 6) is 0.435. The SMILES string of the molecule is CC(O)c1nc2cc(N)ccc2n1C(C)CS(C)(=O)=O. The van der Waals surface area contributed by atoms with Crippen molar-refractivity contribution in [3.05, 3.63) is 24.0 Å². The molecule has 2 unspecified atom stereocenters. The highest BCUT2D eigenvalue weighted by molar-refractivity contribution is 7.90. The highest BCUT2D eigenvalue weighted by Crippen LogP contribution is 2.27. The van der Waals surface area contributed by atoms with E-state index in [2.05, 4.69) is 4.98 Å². The number of aromatic nitrogens is 2. The Morgan fingerprint density at radius 2 is 2.05 bits per heavy atom. The monoisotopic (exact) mass is 297 g/mol. The average Bonchev–Trinajstić information content (AvgIpc) is 2.64. The van der Waals surface area contributed by atoms with E-state index >= 15 is 0 Å². The molecule has 1 heterocycles. The van der Waals surface area contributed by atoms with E-state index in [4.69, 9.17) is 5.73 Å². The standard InChI is InChI=1S/C13H19N3O3S/c1-8(7-20(3,18)19)16-12-5-4-10(14)6-11(12)15-13(16)9(2)17/h4-6,8-9,17H,7,14H2,1-3H3. The number of hydrogen-bond acceptors (Lipinski definition) is 5. The van der Waals surface area contributed by atoms with Crippen molar-refractivity contribution in [2.75, 3.05) is 17.7 Å². The lowest BCUT2D eigenvalue weighted by Crippen LogP contribution is -2.19. The number of anilines is 1. The number of aliphatic hydroxyl groups excluding tert-OH is 1. The Morgan fingerprint density at radius 1 is 1.40 bits per heavy atom. The molecule has 0 radical (unpaired) electrons. The number of rotatable bonds is 4. The first-order chi connectivity index (χ1) is 9.19. The Labute approximate surface area is 118 Å². The van der Waals surface area contributed by atoms with Gasteiger partial charge in [0.15, 0.2) is 0 Å². The molecule has 2 aromatic rings. The van der Waals surface area contributed by atoms with E-state index in [1.54, 1.807) is 36.6 Å². The maximum Gasteiger partial charge on any atom is 0.149 e. The molecule has 110 valence electrons. The summed E-state index contributed by atoms with van der Waals surface area (Å²) in [6.45, 7) is 3.40. The molecule has 0 aliphatic heterocycles. The van der Waals surface area contributed by atoms with Crippen molar-refractivity contribution in [3.63, 3.8) is 0 Å². The first-order valence-corrected chi connectivity index (χ1v) is 8.38. The van der Waals surface area contributed by atoms with Gasteiger partial charge in [0.25, 0.3) is 0 Å². The zero-order valence-corrected chi connectivity index (χ0v) is 12.6. The minimum absolute atomic E-state index is 0.0114. The highest BCUT2D eigenvalue weighted by Gasteiger charge is 2.21. The zero-order chi connectivity index (χ0) is 15.1. The molecule has 2 atom stereocenters. The van der Waals surface area contributed by atoms with Gasteiger partial charge in [-0.05, 0) is 32.0 Å². The van der Waals surface area contributed by atoms with Crippen LogP contribution < -0.4 is 5.73 Å². The molecule has 0 bridgehead atoms. The number of nitrogen functional groups attached to an aromatic ring is 1. The number of fused-ring (bicyclic) bond motifs is 1. The molecule has 0 fully saturated rings. The lowest BCUT2D eigenvalue weighted by Gasteiger charge is -2.18. The smallest absolute Gasteiger partial charge is 0.149 e. The summed E-state index contributed by atoms with van der Waals surface area (Å²) in [6.07, 6.45) is 0.411. The third-order valence-electron chi connectivity index (χ3n) is 3.10. The largest absolute Gasteiger partial charge is 0.399 e. The molecule has 7 heteroatoms. The van der Waals surface area contributed by atoms with Gasteiger partial charge < -0.3 is 15.4 Å². The first-order valence-electron chi connectivity index (χ1n) is 6.32. The summed E-state index contributed by atoms with van der Waals surface area (Å²) < 4.78 is 24.7. The Morgan fingerprint density at radius 3 is 2.60 bits per heavy atom. The number of nitrogens with two attached hydrogens (primary N) is 1. The molecule has 1 aromatic heterocycles. The van der Waals surface area contributed by atoms with Crippen LogP contribution in [0.25, 0.3) is 11.0 Å². The van der Waals surface area contributed by atoms with Gasteiger partial charge >= 0.3 is 0 Å². The van der Waals surface area contributed by atoms with Crippen LogP contribution in [-0.2, 0) is 9.84 Å². The maximum absolute atomic E-state index is 11.5. The van der Waals surface area contributed by atoms with Crippen molar-refractivity contribution >= 4 is 26.6 Å². The summed E-state index contributed by atoms with van der Waals surface area (Å²) in [7, 11) is -3.12. The van der Waals surface area contributed by atoms with E-state index in [0.717, 1.165) is 5.52 Å². The molecule has 0 aliphatic carbocycles. The van der Waals surface area contributed by atoms with Crippen molar-refractivity contribution in [2.45, 2.75) is 26.0 Å². The molecule has 0 aliphatic rings. The summed E-state index contributed by atoms with van der Waals surface area (Å²) in [4.78, 5) is 4.36. The third-order valence-corrected chi connectivity index (χ3v) is 4.19. The second-order valence-corrected chi connectivity index (χ2v) is 7.39. The number of sulfone groups is 1. The summed E-state index contributed by atoms with van der Waals surface area (Å²) >= 11 is 0. The molecule has 1 aromatic carbocycles. The Kier molecular flexibility index (Phi) is 3.75. The number of benzene rings is 1. The fourth-order valence-electron chi connectivity index (χ4n) is 2.41. The number of aliphatic hydroxyl groups is 1. The lowest BCUT2D eigenvalue weighted by atomic mass is 10.2. The van der Waals surface area contributed by atoms with E-state index in [0.29, 0.717) is 17.0 Å². The van der Waals surface area contributed by atoms with Gasteiger partial charge in [-0.1, -0.05) is 0 Å². The van der Waals surface area contributed by atoms with Crippen LogP contribution in [0.1, 0.15) is 31.8 Å². The minimum atomic E-state index is -3.12. The zero-order valence-electron chi connectivity index (χ0n) is 11.7.